The molecule has 0 bridgehead atoms. The summed E-state index contributed by atoms with van der Waals surface area (Å²) in [5, 5.41) is 21.8. The first-order valence-electron chi connectivity index (χ1n) is 12.4. The molecule has 3 aromatic rings. The summed E-state index contributed by atoms with van der Waals surface area (Å²) in [7, 11) is 0. The fourth-order valence-corrected chi connectivity index (χ4v) is 5.04. The quantitative estimate of drug-likeness (QED) is 0.502. The van der Waals surface area contributed by atoms with Gasteiger partial charge in [0.1, 0.15) is 11.6 Å². The molecule has 1 saturated carbocycles. The normalized spacial score (nSPS) is 18.3. The number of fused-ring (bicyclic) bond motifs is 1. The molecule has 0 unspecified atom stereocenters. The zero-order valence-corrected chi connectivity index (χ0v) is 19.8. The van der Waals surface area contributed by atoms with Crippen molar-refractivity contribution in [1.29, 1.82) is 0 Å². The van der Waals surface area contributed by atoms with E-state index in [9.17, 15) is 5.11 Å². The number of nitrogens with zero attached hydrogens (tertiary/aromatic N) is 4. The van der Waals surface area contributed by atoms with Crippen LogP contribution in [0.5, 0.6) is 0 Å². The first kappa shape index (κ1) is 22.2. The van der Waals surface area contributed by atoms with Gasteiger partial charge in [-0.2, -0.15) is 9.61 Å². The number of aliphatic hydroxyl groups excluding tert-OH is 1. The number of aryl methyl sites for hydroxylation is 2. The van der Waals surface area contributed by atoms with E-state index in [4.69, 9.17) is 10.1 Å². The Morgan fingerprint density at radius 3 is 2.58 bits per heavy atom. The van der Waals surface area contributed by atoms with Crippen LogP contribution >= 0.6 is 0 Å². The first-order chi connectivity index (χ1) is 16.1. The van der Waals surface area contributed by atoms with Gasteiger partial charge in [0, 0.05) is 43.9 Å². The lowest BCUT2D eigenvalue weighted by molar-refractivity contribution is 0.0845. The second-order valence-electron chi connectivity index (χ2n) is 9.74. The van der Waals surface area contributed by atoms with Crippen LogP contribution in [0.1, 0.15) is 49.7 Å². The van der Waals surface area contributed by atoms with E-state index in [-0.39, 0.29) is 6.10 Å². The van der Waals surface area contributed by atoms with Crippen molar-refractivity contribution in [3.05, 3.63) is 41.6 Å². The molecule has 1 saturated heterocycles. The maximum Gasteiger partial charge on any atom is 0.167 e. The molecule has 1 aliphatic carbocycles. The van der Waals surface area contributed by atoms with E-state index in [0.29, 0.717) is 6.04 Å². The molecule has 3 N–H and O–H groups in total. The number of hydrogen-bond acceptors (Lipinski definition) is 6. The Bertz CT molecular complexity index is 1100. The van der Waals surface area contributed by atoms with Crippen LogP contribution in [0.25, 0.3) is 16.8 Å². The lowest BCUT2D eigenvalue weighted by atomic mass is 10.0. The maximum absolute atomic E-state index is 9.76. The molecular formula is C26H36N6O. The Morgan fingerprint density at radius 1 is 1.03 bits per heavy atom. The van der Waals surface area contributed by atoms with Crippen LogP contribution in [0.15, 0.2) is 30.5 Å². The summed E-state index contributed by atoms with van der Waals surface area (Å²) in [6, 6.07) is 9.16. The van der Waals surface area contributed by atoms with Crippen LogP contribution in [0.4, 0.5) is 11.6 Å². The molecule has 2 aliphatic rings. The van der Waals surface area contributed by atoms with Gasteiger partial charge in [-0.15, -0.1) is 0 Å². The topological polar surface area (TPSA) is 77.7 Å². The highest BCUT2D eigenvalue weighted by atomic mass is 16.3. The lowest BCUT2D eigenvalue weighted by Gasteiger charge is -2.29. The second kappa shape index (κ2) is 9.69. The number of hydrogen-bond donors (Lipinski definition) is 3. The molecule has 7 nitrogen and oxygen atoms in total. The van der Waals surface area contributed by atoms with E-state index >= 15 is 0 Å². The Morgan fingerprint density at radius 2 is 1.82 bits per heavy atom. The molecule has 33 heavy (non-hydrogen) atoms. The highest BCUT2D eigenvalue weighted by Crippen LogP contribution is 2.30. The van der Waals surface area contributed by atoms with Crippen molar-refractivity contribution < 1.29 is 5.11 Å². The highest BCUT2D eigenvalue weighted by molar-refractivity contribution is 5.80. The van der Waals surface area contributed by atoms with Gasteiger partial charge in [-0.1, -0.05) is 31.0 Å². The minimum atomic E-state index is -0.133. The van der Waals surface area contributed by atoms with Crippen LogP contribution in [0.2, 0.25) is 0 Å². The molecule has 1 aromatic carbocycles. The SMILES string of the molecule is Cc1ccc(-c2cnn3c(NCCN4CCC(O)CC4)cc(NC4CCCC4)nc23)cc1C. The molecule has 0 radical (unpaired) electrons. The smallest absolute Gasteiger partial charge is 0.167 e. The van der Waals surface area contributed by atoms with Crippen molar-refractivity contribution in [2.75, 3.05) is 36.8 Å². The summed E-state index contributed by atoms with van der Waals surface area (Å²) >= 11 is 0. The van der Waals surface area contributed by atoms with Crippen molar-refractivity contribution in [1.82, 2.24) is 19.5 Å². The Kier molecular flexibility index (Phi) is 6.51. The van der Waals surface area contributed by atoms with Gasteiger partial charge in [0.2, 0.25) is 0 Å². The van der Waals surface area contributed by atoms with Crippen LogP contribution in [-0.2, 0) is 0 Å². The third-order valence-electron chi connectivity index (χ3n) is 7.29. The summed E-state index contributed by atoms with van der Waals surface area (Å²) in [4.78, 5) is 7.42. The number of aromatic nitrogens is 3. The standard InChI is InChI=1S/C26H36N6O/c1-18-7-8-20(15-19(18)2)23-17-28-32-25(27-11-14-31-12-9-22(33)10-13-31)16-24(30-26(23)32)29-21-5-3-4-6-21/h7-8,15-17,21-22,27,33H,3-6,9-14H2,1-2H3,(H,29,30). The number of benzene rings is 1. The van der Waals surface area contributed by atoms with Crippen molar-refractivity contribution in [2.45, 2.75) is 64.5 Å². The molecule has 176 valence electrons. The van der Waals surface area contributed by atoms with Crippen LogP contribution in [0.3, 0.4) is 0 Å². The minimum absolute atomic E-state index is 0.133. The predicted molar refractivity (Wildman–Crippen MR) is 134 cm³/mol. The fraction of sp³-hybridized carbons (Fsp3) is 0.538. The monoisotopic (exact) mass is 448 g/mol. The van der Waals surface area contributed by atoms with Gasteiger partial charge in [0.15, 0.2) is 5.65 Å². The van der Waals surface area contributed by atoms with Gasteiger partial charge in [-0.25, -0.2) is 4.98 Å². The van der Waals surface area contributed by atoms with Gasteiger partial charge in [0.05, 0.1) is 12.3 Å². The van der Waals surface area contributed by atoms with Crippen molar-refractivity contribution in [3.63, 3.8) is 0 Å². The minimum Gasteiger partial charge on any atom is -0.393 e. The molecular weight excluding hydrogens is 412 g/mol. The Balaban J connectivity index is 1.42. The van der Waals surface area contributed by atoms with Gasteiger partial charge < -0.3 is 20.6 Å². The fourth-order valence-electron chi connectivity index (χ4n) is 5.04. The summed E-state index contributed by atoms with van der Waals surface area (Å²) in [5.74, 6) is 1.89. The molecule has 1 aliphatic heterocycles. The molecule has 0 spiro atoms. The zero-order valence-electron chi connectivity index (χ0n) is 19.8. The van der Waals surface area contributed by atoms with E-state index in [0.717, 1.165) is 67.4 Å². The summed E-state index contributed by atoms with van der Waals surface area (Å²) in [6.45, 7) is 7.99. The molecule has 5 rings (SSSR count). The van der Waals surface area contributed by atoms with Crippen LogP contribution < -0.4 is 10.6 Å². The largest absolute Gasteiger partial charge is 0.393 e. The number of nitrogens with one attached hydrogen (secondary N) is 2. The Hall–Kier alpha value is -2.64. The molecule has 2 fully saturated rings. The summed E-state index contributed by atoms with van der Waals surface area (Å²) in [5.41, 5.74) is 5.65. The van der Waals surface area contributed by atoms with E-state index < -0.39 is 0 Å². The third-order valence-corrected chi connectivity index (χ3v) is 7.29. The van der Waals surface area contributed by atoms with E-state index in [1.807, 2.05) is 10.7 Å². The van der Waals surface area contributed by atoms with Crippen LogP contribution in [0, 0.1) is 13.8 Å². The van der Waals surface area contributed by atoms with Crippen molar-refractivity contribution in [3.8, 4) is 11.1 Å². The van der Waals surface area contributed by atoms with Crippen molar-refractivity contribution in [2.24, 2.45) is 0 Å². The lowest BCUT2D eigenvalue weighted by Crippen LogP contribution is -2.38. The maximum atomic E-state index is 9.76. The average molecular weight is 449 g/mol. The third kappa shape index (κ3) is 4.99. The number of rotatable bonds is 7. The molecule has 2 aromatic heterocycles. The molecule has 0 amide bonds. The van der Waals surface area contributed by atoms with Gasteiger partial charge in [-0.3, -0.25) is 0 Å². The second-order valence-corrected chi connectivity index (χ2v) is 9.74. The molecule has 3 heterocycles. The predicted octanol–water partition coefficient (Wildman–Crippen LogP) is 4.24. The number of aliphatic hydroxyl groups is 1. The van der Waals surface area contributed by atoms with Crippen molar-refractivity contribution >= 4 is 17.3 Å². The number of likely N-dealkylation sites (tertiary alicyclic amines) is 1. The number of piperidine rings is 1. The zero-order chi connectivity index (χ0) is 22.8. The molecule has 7 heteroatoms. The number of anilines is 2. The van der Waals surface area contributed by atoms with E-state index in [1.54, 1.807) is 0 Å². The van der Waals surface area contributed by atoms with E-state index in [2.05, 4.69) is 53.6 Å². The van der Waals surface area contributed by atoms with Gasteiger partial charge in [-0.05, 0) is 56.2 Å². The van der Waals surface area contributed by atoms with Crippen LogP contribution in [-0.4, -0.2) is 62.9 Å². The average Bonchev–Trinajstić information content (AvgIpc) is 3.47. The van der Waals surface area contributed by atoms with E-state index in [1.165, 1.54) is 36.8 Å². The first-order valence-corrected chi connectivity index (χ1v) is 12.4. The summed E-state index contributed by atoms with van der Waals surface area (Å²) in [6.07, 6.45) is 8.53. The molecule has 0 atom stereocenters. The van der Waals surface area contributed by atoms with Gasteiger partial charge in [0.25, 0.3) is 0 Å². The Labute approximate surface area is 196 Å². The highest BCUT2D eigenvalue weighted by Gasteiger charge is 2.19. The summed E-state index contributed by atoms with van der Waals surface area (Å²) < 4.78 is 1.93. The van der Waals surface area contributed by atoms with Gasteiger partial charge >= 0.3 is 0 Å².